The first-order valence-electron chi connectivity index (χ1n) is 13.3. The Morgan fingerprint density at radius 3 is 2.11 bits per heavy atom. The molecule has 0 fully saturated rings. The zero-order chi connectivity index (χ0) is 26.6. The average Bonchev–Trinajstić information content (AvgIpc) is 3.16. The van der Waals surface area contributed by atoms with Gasteiger partial charge in [0.2, 0.25) is 0 Å². The SMILES string of the molecule is CC.CCCCCC.CCOC(=O)Cn1c(C)c(Cc2ccc(NC)cc2)c2c1CCCC2.SI. The molecule has 2 aromatic rings. The largest absolute Gasteiger partial charge is 0.465 e. The topological polar surface area (TPSA) is 43.3 Å². The van der Waals surface area contributed by atoms with Gasteiger partial charge in [-0.15, -0.1) is 9.80 Å². The Kier molecular flexibility index (Phi) is 20.3. The molecule has 3 rings (SSSR count). The third-order valence-corrected chi connectivity index (χ3v) is 6.14. The minimum absolute atomic E-state index is 0.140. The number of carbonyl (C=O) groups excluding carboxylic acids is 1. The number of ether oxygens (including phenoxy) is 1. The highest BCUT2D eigenvalue weighted by Gasteiger charge is 2.24. The lowest BCUT2D eigenvalue weighted by molar-refractivity contribution is -0.143. The minimum Gasteiger partial charge on any atom is -0.465 e. The second-order valence-electron chi connectivity index (χ2n) is 8.42. The molecule has 0 radical (unpaired) electrons. The minimum atomic E-state index is -0.140. The number of carbonyl (C=O) groups is 1. The van der Waals surface area contributed by atoms with E-state index in [1.165, 1.54) is 66.6 Å². The quantitative estimate of drug-likeness (QED) is 0.128. The first-order valence-corrected chi connectivity index (χ1v) is 16.6. The number of anilines is 1. The number of unbranched alkanes of at least 4 members (excludes halogenated alkanes) is 3. The van der Waals surface area contributed by atoms with Crippen LogP contribution < -0.4 is 5.32 Å². The lowest BCUT2D eigenvalue weighted by atomic mass is 9.91. The maximum absolute atomic E-state index is 12.0. The van der Waals surface area contributed by atoms with E-state index in [0.717, 1.165) is 24.9 Å². The number of thiol groups is 1. The number of fused-ring (bicyclic) bond motifs is 1. The first-order chi connectivity index (χ1) is 17.0. The van der Waals surface area contributed by atoms with Gasteiger partial charge in [0.05, 0.1) is 6.61 Å². The maximum Gasteiger partial charge on any atom is 0.325 e. The number of nitrogens with zero attached hydrogens (tertiary/aromatic N) is 1. The summed E-state index contributed by atoms with van der Waals surface area (Å²) in [5.74, 6) is -0.140. The van der Waals surface area contributed by atoms with Gasteiger partial charge in [0, 0.05) is 24.1 Å². The molecular formula is C29H49IN2O2S. The number of halogens is 1. The van der Waals surface area contributed by atoms with E-state index < -0.39 is 0 Å². The summed E-state index contributed by atoms with van der Waals surface area (Å²) in [5.41, 5.74) is 7.87. The highest BCUT2D eigenvalue weighted by Crippen LogP contribution is 2.31. The van der Waals surface area contributed by atoms with Crippen molar-refractivity contribution in [3.63, 3.8) is 0 Å². The smallest absolute Gasteiger partial charge is 0.325 e. The van der Waals surface area contributed by atoms with E-state index in [0.29, 0.717) is 13.2 Å². The summed E-state index contributed by atoms with van der Waals surface area (Å²) in [6, 6.07) is 8.60. The van der Waals surface area contributed by atoms with Crippen LogP contribution in [0.4, 0.5) is 5.69 Å². The molecule has 35 heavy (non-hydrogen) atoms. The van der Waals surface area contributed by atoms with Crippen molar-refractivity contribution in [3.8, 4) is 0 Å². The molecule has 0 atom stereocenters. The van der Waals surface area contributed by atoms with Crippen molar-refractivity contribution in [2.45, 2.75) is 106 Å². The third-order valence-electron chi connectivity index (χ3n) is 6.14. The third kappa shape index (κ3) is 11.6. The summed E-state index contributed by atoms with van der Waals surface area (Å²) in [7, 11) is 5.43. The Hall–Kier alpha value is -1.15. The number of hydrogen-bond acceptors (Lipinski definition) is 4. The van der Waals surface area contributed by atoms with E-state index in [2.05, 4.69) is 64.7 Å². The Labute approximate surface area is 233 Å². The second-order valence-corrected chi connectivity index (χ2v) is 8.42. The molecule has 0 amide bonds. The van der Waals surface area contributed by atoms with Gasteiger partial charge in [-0.1, -0.05) is 65.5 Å². The number of nitrogens with one attached hydrogen (secondary N) is 1. The van der Waals surface area contributed by atoms with Crippen molar-refractivity contribution in [2.24, 2.45) is 0 Å². The predicted molar refractivity (Wildman–Crippen MR) is 165 cm³/mol. The molecular weight excluding hydrogens is 567 g/mol. The summed E-state index contributed by atoms with van der Waals surface area (Å²) in [4.78, 5) is 12.0. The standard InChI is InChI=1S/C21H28N2O2.C6H14.C2H6.HIS/c1-4-25-21(24)14-23-15(2)19(18-7-5-6-8-20(18)23)13-16-9-11-17(22-3)12-10-16;1-3-5-6-4-2;2*1-2/h9-12,22H,4-8,13-14H2,1-3H3;3-6H2,1-2H3;1-2H3;2H. The molecule has 4 nitrogen and oxygen atoms in total. The molecule has 0 bridgehead atoms. The molecule has 1 heterocycles. The molecule has 1 N–H and O–H groups in total. The molecule has 0 unspecified atom stereocenters. The van der Waals surface area contributed by atoms with Crippen LogP contribution in [0.3, 0.4) is 0 Å². The fourth-order valence-corrected chi connectivity index (χ4v) is 4.37. The van der Waals surface area contributed by atoms with Crippen molar-refractivity contribution in [1.29, 1.82) is 0 Å². The Bertz CT molecular complexity index is 815. The normalized spacial score (nSPS) is 11.5. The number of benzene rings is 1. The van der Waals surface area contributed by atoms with Crippen LogP contribution in [0, 0.1) is 6.92 Å². The van der Waals surface area contributed by atoms with Crippen LogP contribution in [0.1, 0.15) is 101 Å². The molecule has 6 heteroatoms. The van der Waals surface area contributed by atoms with Crippen molar-refractivity contribution in [2.75, 3.05) is 19.0 Å². The van der Waals surface area contributed by atoms with Crippen molar-refractivity contribution in [1.82, 2.24) is 4.57 Å². The van der Waals surface area contributed by atoms with Gasteiger partial charge in [0.15, 0.2) is 0 Å². The van der Waals surface area contributed by atoms with Crippen molar-refractivity contribution >= 4 is 42.7 Å². The Morgan fingerprint density at radius 2 is 1.60 bits per heavy atom. The summed E-state index contributed by atoms with van der Waals surface area (Å²) in [5, 5.41) is 3.16. The fraction of sp³-hybridized carbons (Fsp3) is 0.621. The van der Waals surface area contributed by atoms with E-state index in [1.807, 2.05) is 49.0 Å². The van der Waals surface area contributed by atoms with Gasteiger partial charge in [0.1, 0.15) is 6.54 Å². The van der Waals surface area contributed by atoms with Gasteiger partial charge in [-0.3, -0.25) is 4.79 Å². The highest BCUT2D eigenvalue weighted by molar-refractivity contribution is 14.2. The maximum atomic E-state index is 12.0. The molecule has 1 aliphatic carbocycles. The summed E-state index contributed by atoms with van der Waals surface area (Å²) in [6.07, 6.45) is 11.1. The molecule has 1 aliphatic rings. The summed E-state index contributed by atoms with van der Waals surface area (Å²) >= 11 is 1.84. The second kappa shape index (κ2) is 21.0. The highest BCUT2D eigenvalue weighted by atomic mass is 127. The van der Waals surface area contributed by atoms with Gasteiger partial charge < -0.3 is 14.6 Å². The average molecular weight is 617 g/mol. The molecule has 0 saturated heterocycles. The molecule has 1 aromatic carbocycles. The van der Waals surface area contributed by atoms with Crippen molar-refractivity contribution < 1.29 is 9.53 Å². The number of hydrogen-bond donors (Lipinski definition) is 2. The predicted octanol–water partition coefficient (Wildman–Crippen LogP) is 8.75. The molecule has 0 aliphatic heterocycles. The zero-order valence-electron chi connectivity index (χ0n) is 23.2. The lowest BCUT2D eigenvalue weighted by Gasteiger charge is -2.16. The number of rotatable bonds is 9. The molecule has 0 saturated carbocycles. The summed E-state index contributed by atoms with van der Waals surface area (Å²) < 4.78 is 7.38. The number of aromatic nitrogens is 1. The Balaban J connectivity index is 0.000000997. The zero-order valence-corrected chi connectivity index (χ0v) is 26.2. The van der Waals surface area contributed by atoms with Crippen LogP contribution in [0.5, 0.6) is 0 Å². The van der Waals surface area contributed by atoms with Crippen LogP contribution in [0.15, 0.2) is 24.3 Å². The summed E-state index contributed by atoms with van der Waals surface area (Å²) in [6.45, 7) is 13.2. The van der Waals surface area contributed by atoms with E-state index in [1.54, 1.807) is 0 Å². The van der Waals surface area contributed by atoms with Crippen LogP contribution >= 0.6 is 31.0 Å². The first kappa shape index (κ1) is 33.8. The molecule has 1 aromatic heterocycles. The van der Waals surface area contributed by atoms with Gasteiger partial charge in [-0.05, 0) is 96.0 Å². The van der Waals surface area contributed by atoms with E-state index in [-0.39, 0.29) is 5.97 Å². The van der Waals surface area contributed by atoms with Crippen molar-refractivity contribution in [3.05, 3.63) is 52.3 Å². The van der Waals surface area contributed by atoms with Crippen LogP contribution in [0.2, 0.25) is 0 Å². The Morgan fingerprint density at radius 1 is 1.03 bits per heavy atom. The van der Waals surface area contributed by atoms with E-state index in [4.69, 9.17) is 4.74 Å². The van der Waals surface area contributed by atoms with Gasteiger partial charge in [-0.2, -0.15) is 0 Å². The molecule has 0 spiro atoms. The number of esters is 1. The molecule has 200 valence electrons. The van der Waals surface area contributed by atoms with E-state index >= 15 is 0 Å². The fourth-order valence-electron chi connectivity index (χ4n) is 4.37. The monoisotopic (exact) mass is 616 g/mol. The van der Waals surface area contributed by atoms with Gasteiger partial charge >= 0.3 is 5.97 Å². The van der Waals surface area contributed by atoms with E-state index in [9.17, 15) is 4.79 Å². The van der Waals surface area contributed by atoms with Gasteiger partial charge in [0.25, 0.3) is 0 Å². The van der Waals surface area contributed by atoms with Gasteiger partial charge in [-0.25, -0.2) is 0 Å². The lowest BCUT2D eigenvalue weighted by Crippen LogP contribution is -2.17. The van der Waals surface area contributed by atoms with Crippen LogP contribution in [-0.2, 0) is 35.3 Å². The van der Waals surface area contributed by atoms with Crippen LogP contribution in [-0.4, -0.2) is 24.2 Å². The van der Waals surface area contributed by atoms with Crippen LogP contribution in [0.25, 0.3) is 0 Å².